The van der Waals surface area contributed by atoms with Crippen LogP contribution in [0.4, 0.5) is 8.63 Å². The minimum atomic E-state index is -2.27. The first-order chi connectivity index (χ1) is 6.25. The topological polar surface area (TPSA) is 34.0 Å². The fraction of sp³-hybridized carbons (Fsp3) is 0.667. The van der Waals surface area contributed by atoms with Crippen molar-refractivity contribution < 1.29 is 8.63 Å². The van der Waals surface area contributed by atoms with Gasteiger partial charge in [-0.2, -0.15) is 5.10 Å². The van der Waals surface area contributed by atoms with Gasteiger partial charge in [-0.1, -0.05) is 0 Å². The van der Waals surface area contributed by atoms with Gasteiger partial charge in [0, 0.05) is 13.0 Å². The molecule has 2 heterocycles. The van der Waals surface area contributed by atoms with Gasteiger partial charge < -0.3 is 0 Å². The standard InChI is InChI=1S/C6H9BF2N4/c8-7(9)4-12-1-2-13-6(3-12)10-5-11-13/h5H,1-4H2. The Morgan fingerprint density at radius 1 is 1.46 bits per heavy atom. The van der Waals surface area contributed by atoms with Gasteiger partial charge in [-0.15, -0.1) is 0 Å². The molecule has 4 nitrogen and oxygen atoms in total. The van der Waals surface area contributed by atoms with Gasteiger partial charge in [0.15, 0.2) is 0 Å². The van der Waals surface area contributed by atoms with Crippen molar-refractivity contribution in [2.24, 2.45) is 0 Å². The summed E-state index contributed by atoms with van der Waals surface area (Å²) in [6, 6.07) is 0. The SMILES string of the molecule is FB(F)CN1CCn2ncnc2C1. The molecule has 0 radical (unpaired) electrons. The Bertz CT molecular complexity index is 290. The van der Waals surface area contributed by atoms with Gasteiger partial charge in [0.25, 0.3) is 0 Å². The number of halogens is 2. The highest BCUT2D eigenvalue weighted by Gasteiger charge is 2.23. The van der Waals surface area contributed by atoms with E-state index in [1.165, 1.54) is 6.33 Å². The number of hydrogen-bond acceptors (Lipinski definition) is 3. The van der Waals surface area contributed by atoms with Crippen molar-refractivity contribution >= 4 is 7.27 Å². The molecule has 7 heteroatoms. The highest BCUT2D eigenvalue weighted by Crippen LogP contribution is 2.08. The monoisotopic (exact) mass is 186 g/mol. The molecule has 0 aromatic carbocycles. The lowest BCUT2D eigenvalue weighted by Crippen LogP contribution is -2.38. The maximum atomic E-state index is 12.0. The zero-order valence-corrected chi connectivity index (χ0v) is 7.03. The van der Waals surface area contributed by atoms with Crippen LogP contribution in [0.5, 0.6) is 0 Å². The molecule has 1 aromatic rings. The summed E-state index contributed by atoms with van der Waals surface area (Å²) in [5.41, 5.74) is 0. The van der Waals surface area contributed by atoms with Crippen LogP contribution >= 0.6 is 0 Å². The first-order valence-corrected chi connectivity index (χ1v) is 4.13. The minimum absolute atomic E-state index is 0.174. The maximum Gasteiger partial charge on any atom is 0.551 e. The van der Waals surface area contributed by atoms with E-state index in [1.54, 1.807) is 9.58 Å². The van der Waals surface area contributed by atoms with Crippen LogP contribution in [-0.4, -0.2) is 39.9 Å². The largest absolute Gasteiger partial charge is 0.551 e. The second kappa shape index (κ2) is 3.41. The lowest BCUT2D eigenvalue weighted by molar-refractivity contribution is 0.231. The van der Waals surface area contributed by atoms with Crippen LogP contribution in [0.1, 0.15) is 5.82 Å². The van der Waals surface area contributed by atoms with Crippen molar-refractivity contribution in [1.29, 1.82) is 0 Å². The highest BCUT2D eigenvalue weighted by atomic mass is 19.2. The number of rotatable bonds is 2. The smallest absolute Gasteiger partial charge is 0.295 e. The summed E-state index contributed by atoms with van der Waals surface area (Å²) in [5, 5.41) is 3.96. The Labute approximate surface area is 74.7 Å². The van der Waals surface area contributed by atoms with Crippen LogP contribution in [-0.2, 0) is 13.1 Å². The molecule has 0 bridgehead atoms. The Kier molecular flexibility index (Phi) is 2.26. The van der Waals surface area contributed by atoms with E-state index in [9.17, 15) is 8.63 Å². The molecule has 0 spiro atoms. The van der Waals surface area contributed by atoms with Gasteiger partial charge in [0.2, 0.25) is 0 Å². The van der Waals surface area contributed by atoms with Crippen LogP contribution in [0.3, 0.4) is 0 Å². The molecule has 0 aliphatic carbocycles. The van der Waals surface area contributed by atoms with Gasteiger partial charge in [-0.05, 0) is 0 Å². The van der Waals surface area contributed by atoms with E-state index < -0.39 is 7.27 Å². The number of hydrogen-bond donors (Lipinski definition) is 0. The maximum absolute atomic E-state index is 12.0. The van der Waals surface area contributed by atoms with E-state index in [4.69, 9.17) is 0 Å². The second-order valence-electron chi connectivity index (χ2n) is 3.03. The molecule has 70 valence electrons. The van der Waals surface area contributed by atoms with E-state index in [0.717, 1.165) is 5.82 Å². The molecule has 1 aliphatic heterocycles. The molecule has 0 N–H and O–H groups in total. The van der Waals surface area contributed by atoms with Gasteiger partial charge in [-0.25, -0.2) is 9.67 Å². The summed E-state index contributed by atoms with van der Waals surface area (Å²) in [4.78, 5) is 5.67. The zero-order valence-electron chi connectivity index (χ0n) is 7.03. The highest BCUT2D eigenvalue weighted by molar-refractivity contribution is 6.42. The molecule has 13 heavy (non-hydrogen) atoms. The van der Waals surface area contributed by atoms with Crippen molar-refractivity contribution in [2.45, 2.75) is 13.1 Å². The molecule has 0 fully saturated rings. The van der Waals surface area contributed by atoms with Gasteiger partial charge in [0.1, 0.15) is 12.2 Å². The van der Waals surface area contributed by atoms with Crippen molar-refractivity contribution in [3.8, 4) is 0 Å². The summed E-state index contributed by atoms with van der Waals surface area (Å²) in [7, 11) is -2.27. The normalized spacial score (nSPS) is 17.1. The van der Waals surface area contributed by atoms with Gasteiger partial charge in [-0.3, -0.25) is 13.5 Å². The average Bonchev–Trinajstić information content (AvgIpc) is 2.49. The number of nitrogens with zero attached hydrogens (tertiary/aromatic N) is 4. The van der Waals surface area contributed by atoms with Crippen LogP contribution in [0.25, 0.3) is 0 Å². The van der Waals surface area contributed by atoms with Crippen molar-refractivity contribution in [1.82, 2.24) is 19.7 Å². The molecule has 1 aliphatic rings. The Morgan fingerprint density at radius 3 is 3.08 bits per heavy atom. The summed E-state index contributed by atoms with van der Waals surface area (Å²) >= 11 is 0. The molecule has 0 saturated heterocycles. The van der Waals surface area contributed by atoms with E-state index in [2.05, 4.69) is 10.1 Å². The fourth-order valence-corrected chi connectivity index (χ4v) is 1.46. The summed E-state index contributed by atoms with van der Waals surface area (Å²) < 4.78 is 25.8. The third-order valence-corrected chi connectivity index (χ3v) is 2.08. The van der Waals surface area contributed by atoms with Gasteiger partial charge in [0.05, 0.1) is 13.1 Å². The second-order valence-corrected chi connectivity index (χ2v) is 3.03. The fourth-order valence-electron chi connectivity index (χ4n) is 1.46. The van der Waals surface area contributed by atoms with Crippen molar-refractivity contribution in [3.63, 3.8) is 0 Å². The van der Waals surface area contributed by atoms with Crippen LogP contribution in [0, 0.1) is 0 Å². The molecule has 0 unspecified atom stereocenters. The third-order valence-electron chi connectivity index (χ3n) is 2.08. The van der Waals surface area contributed by atoms with E-state index in [1.807, 2.05) is 0 Å². The summed E-state index contributed by atoms with van der Waals surface area (Å²) in [5.74, 6) is 0.770. The van der Waals surface area contributed by atoms with Crippen LogP contribution < -0.4 is 0 Å². The molecular weight excluding hydrogens is 177 g/mol. The average molecular weight is 186 g/mol. The molecule has 2 rings (SSSR count). The predicted molar refractivity (Wildman–Crippen MR) is 43.3 cm³/mol. The Morgan fingerprint density at radius 2 is 2.31 bits per heavy atom. The third kappa shape index (κ3) is 1.85. The molecule has 0 amide bonds. The number of aromatic nitrogens is 3. The first-order valence-electron chi connectivity index (χ1n) is 4.13. The molecular formula is C6H9BF2N4. The molecule has 1 aromatic heterocycles. The van der Waals surface area contributed by atoms with Crippen LogP contribution in [0.2, 0.25) is 0 Å². The summed E-state index contributed by atoms with van der Waals surface area (Å²) in [6.45, 7) is 1.76. The van der Waals surface area contributed by atoms with Gasteiger partial charge >= 0.3 is 7.27 Å². The molecule has 0 atom stereocenters. The Hall–Kier alpha value is -0.975. The quantitative estimate of drug-likeness (QED) is 0.612. The van der Waals surface area contributed by atoms with E-state index in [-0.39, 0.29) is 6.44 Å². The van der Waals surface area contributed by atoms with E-state index >= 15 is 0 Å². The van der Waals surface area contributed by atoms with Crippen molar-refractivity contribution in [2.75, 3.05) is 13.0 Å². The zero-order chi connectivity index (χ0) is 9.26. The first kappa shape index (κ1) is 8.62. The Balaban J connectivity index is 2.00. The lowest BCUT2D eigenvalue weighted by Gasteiger charge is -2.25. The van der Waals surface area contributed by atoms with E-state index in [0.29, 0.717) is 19.6 Å². The predicted octanol–water partition coefficient (Wildman–Crippen LogP) is 0.0601. The minimum Gasteiger partial charge on any atom is -0.295 e. The lowest BCUT2D eigenvalue weighted by atomic mass is 9.98. The summed E-state index contributed by atoms with van der Waals surface area (Å²) in [6.07, 6.45) is 1.29. The number of fused-ring (bicyclic) bond motifs is 1. The van der Waals surface area contributed by atoms with Crippen molar-refractivity contribution in [3.05, 3.63) is 12.2 Å². The van der Waals surface area contributed by atoms with Crippen LogP contribution in [0.15, 0.2) is 6.33 Å². The molecule has 0 saturated carbocycles.